The van der Waals surface area contributed by atoms with Crippen molar-refractivity contribution in [2.45, 2.75) is 44.1 Å². The first-order chi connectivity index (χ1) is 13.1. The van der Waals surface area contributed by atoms with Gasteiger partial charge in [0.05, 0.1) is 11.4 Å². The van der Waals surface area contributed by atoms with Crippen LogP contribution in [0.1, 0.15) is 49.7 Å². The maximum Gasteiger partial charge on any atom is 0.193 e. The molecule has 5 N–H and O–H groups in total. The van der Waals surface area contributed by atoms with Gasteiger partial charge in [-0.2, -0.15) is 0 Å². The lowest BCUT2D eigenvalue weighted by Gasteiger charge is -2.57. The SMILES string of the molecule is N=C(Nc1c(N)cc2cccc3c2c1C=C3)NC12CC3CC(CC(C3)C1)C2. The number of nitrogens with one attached hydrogen (secondary N) is 3. The molecule has 7 rings (SSSR count). The Bertz CT molecular complexity index is 968. The summed E-state index contributed by atoms with van der Waals surface area (Å²) in [5.41, 5.74) is 10.4. The lowest BCUT2D eigenvalue weighted by molar-refractivity contribution is -0.0101. The van der Waals surface area contributed by atoms with Gasteiger partial charge in [-0.3, -0.25) is 5.41 Å². The summed E-state index contributed by atoms with van der Waals surface area (Å²) in [6.45, 7) is 0. The minimum Gasteiger partial charge on any atom is -0.397 e. The van der Waals surface area contributed by atoms with Crippen LogP contribution in [-0.4, -0.2) is 11.5 Å². The van der Waals surface area contributed by atoms with Crippen LogP contribution < -0.4 is 16.4 Å². The van der Waals surface area contributed by atoms with E-state index >= 15 is 0 Å². The summed E-state index contributed by atoms with van der Waals surface area (Å²) in [4.78, 5) is 0. The summed E-state index contributed by atoms with van der Waals surface area (Å²) in [7, 11) is 0. The molecule has 138 valence electrons. The molecular weight excluding hydrogens is 332 g/mol. The molecule has 0 aliphatic heterocycles. The predicted octanol–water partition coefficient (Wildman–Crippen LogP) is 4.81. The Balaban J connectivity index is 1.30. The molecule has 0 atom stereocenters. The summed E-state index contributed by atoms with van der Waals surface area (Å²) in [5.74, 6) is 3.00. The highest BCUT2D eigenvalue weighted by molar-refractivity contribution is 6.13. The minimum atomic E-state index is 0.131. The van der Waals surface area contributed by atoms with Crippen LogP contribution in [0.3, 0.4) is 0 Å². The fourth-order valence-electron chi connectivity index (χ4n) is 6.84. The zero-order valence-corrected chi connectivity index (χ0v) is 15.5. The minimum absolute atomic E-state index is 0.131. The number of benzene rings is 2. The fraction of sp³-hybridized carbons (Fsp3) is 0.435. The first-order valence-corrected chi connectivity index (χ1v) is 10.3. The fourth-order valence-corrected chi connectivity index (χ4v) is 6.84. The molecule has 4 fully saturated rings. The number of hydrogen-bond donors (Lipinski definition) is 4. The number of nitrogen functional groups attached to an aromatic ring is 1. The molecule has 4 heteroatoms. The quantitative estimate of drug-likeness (QED) is 0.302. The Morgan fingerprint density at radius 2 is 1.74 bits per heavy atom. The summed E-state index contributed by atoms with van der Waals surface area (Å²) < 4.78 is 0. The van der Waals surface area contributed by atoms with Gasteiger partial charge in [0, 0.05) is 11.1 Å². The molecule has 0 radical (unpaired) electrons. The average Bonchev–Trinajstić information content (AvgIpc) is 3.02. The van der Waals surface area contributed by atoms with Crippen LogP contribution in [0.5, 0.6) is 0 Å². The van der Waals surface area contributed by atoms with Crippen molar-refractivity contribution in [1.29, 1.82) is 5.41 Å². The van der Waals surface area contributed by atoms with Gasteiger partial charge in [-0.05, 0) is 78.7 Å². The molecular formula is C23H26N4. The summed E-state index contributed by atoms with van der Waals surface area (Å²) in [6, 6.07) is 8.33. The second-order valence-electron chi connectivity index (χ2n) is 9.36. The van der Waals surface area contributed by atoms with Crippen molar-refractivity contribution in [2.75, 3.05) is 11.1 Å². The first kappa shape index (κ1) is 15.6. The number of nitrogens with two attached hydrogens (primary N) is 1. The Labute approximate surface area is 159 Å². The van der Waals surface area contributed by atoms with Crippen LogP contribution in [0.4, 0.5) is 11.4 Å². The molecule has 5 aliphatic carbocycles. The predicted molar refractivity (Wildman–Crippen MR) is 113 cm³/mol. The number of rotatable bonds is 2. The van der Waals surface area contributed by atoms with Gasteiger partial charge in [-0.1, -0.05) is 30.4 Å². The van der Waals surface area contributed by atoms with Crippen LogP contribution >= 0.6 is 0 Å². The van der Waals surface area contributed by atoms with Crippen LogP contribution in [0.15, 0.2) is 24.3 Å². The first-order valence-electron chi connectivity index (χ1n) is 10.3. The largest absolute Gasteiger partial charge is 0.397 e. The molecule has 0 unspecified atom stereocenters. The normalized spacial score (nSPS) is 32.2. The van der Waals surface area contributed by atoms with Gasteiger partial charge in [0.1, 0.15) is 0 Å². The Hall–Kier alpha value is -2.49. The van der Waals surface area contributed by atoms with Gasteiger partial charge in [-0.15, -0.1) is 0 Å². The summed E-state index contributed by atoms with van der Waals surface area (Å²) in [6.07, 6.45) is 12.2. The molecule has 4 saturated carbocycles. The zero-order chi connectivity index (χ0) is 18.2. The molecule has 2 aromatic carbocycles. The molecule has 0 amide bonds. The monoisotopic (exact) mass is 358 g/mol. The van der Waals surface area contributed by atoms with Gasteiger partial charge in [0.15, 0.2) is 5.96 Å². The third-order valence-corrected chi connectivity index (χ3v) is 7.38. The Kier molecular flexibility index (Phi) is 3.04. The van der Waals surface area contributed by atoms with Crippen molar-refractivity contribution in [1.82, 2.24) is 5.32 Å². The molecule has 0 spiro atoms. The van der Waals surface area contributed by atoms with E-state index in [0.717, 1.165) is 34.4 Å². The lowest BCUT2D eigenvalue weighted by Crippen LogP contribution is -2.60. The van der Waals surface area contributed by atoms with Crippen LogP contribution in [-0.2, 0) is 0 Å². The van der Waals surface area contributed by atoms with E-state index in [4.69, 9.17) is 11.1 Å². The number of guanidine groups is 1. The van der Waals surface area contributed by atoms with E-state index in [2.05, 4.69) is 41.0 Å². The maximum absolute atomic E-state index is 8.65. The summed E-state index contributed by atoms with van der Waals surface area (Å²) >= 11 is 0. The van der Waals surface area contributed by atoms with E-state index in [9.17, 15) is 0 Å². The van der Waals surface area contributed by atoms with Gasteiger partial charge >= 0.3 is 0 Å². The van der Waals surface area contributed by atoms with E-state index in [1.54, 1.807) is 0 Å². The van der Waals surface area contributed by atoms with E-state index in [1.807, 2.05) is 6.07 Å². The Morgan fingerprint density at radius 1 is 1.04 bits per heavy atom. The van der Waals surface area contributed by atoms with Crippen molar-refractivity contribution in [3.05, 3.63) is 35.4 Å². The van der Waals surface area contributed by atoms with Crippen LogP contribution in [0.2, 0.25) is 0 Å². The van der Waals surface area contributed by atoms with Crippen molar-refractivity contribution in [2.24, 2.45) is 17.8 Å². The van der Waals surface area contributed by atoms with Crippen molar-refractivity contribution in [3.8, 4) is 0 Å². The van der Waals surface area contributed by atoms with Crippen molar-refractivity contribution >= 4 is 40.3 Å². The molecule has 4 nitrogen and oxygen atoms in total. The maximum atomic E-state index is 8.65. The highest BCUT2D eigenvalue weighted by Gasteiger charge is 2.51. The van der Waals surface area contributed by atoms with E-state index in [0.29, 0.717) is 11.6 Å². The number of anilines is 2. The molecule has 0 heterocycles. The molecule has 4 bridgehead atoms. The standard InChI is InChI=1S/C23H26N4/c24-19-9-17-3-1-2-16-4-5-18(20(16)17)21(19)26-22(25)27-23-10-13-6-14(11-23)8-15(7-13)12-23/h1-5,9,13-15H,6-8,10-12,24H2,(H3,25,26,27). The smallest absolute Gasteiger partial charge is 0.193 e. The van der Waals surface area contributed by atoms with Gasteiger partial charge in [-0.25, -0.2) is 0 Å². The van der Waals surface area contributed by atoms with Crippen LogP contribution in [0, 0.1) is 23.2 Å². The second kappa shape index (κ2) is 5.28. The molecule has 2 aromatic rings. The number of hydrogen-bond acceptors (Lipinski definition) is 2. The molecule has 0 aromatic heterocycles. The van der Waals surface area contributed by atoms with Crippen molar-refractivity contribution in [3.63, 3.8) is 0 Å². The lowest BCUT2D eigenvalue weighted by atomic mass is 9.53. The molecule has 5 aliphatic rings. The van der Waals surface area contributed by atoms with E-state index in [-0.39, 0.29) is 5.54 Å². The van der Waals surface area contributed by atoms with Gasteiger partial charge in [0.2, 0.25) is 0 Å². The second-order valence-corrected chi connectivity index (χ2v) is 9.36. The summed E-state index contributed by atoms with van der Waals surface area (Å²) in [5, 5.41) is 18.0. The highest BCUT2D eigenvalue weighted by atomic mass is 15.2. The van der Waals surface area contributed by atoms with Gasteiger partial charge < -0.3 is 16.4 Å². The molecule has 27 heavy (non-hydrogen) atoms. The van der Waals surface area contributed by atoms with E-state index < -0.39 is 0 Å². The Morgan fingerprint density at radius 3 is 2.44 bits per heavy atom. The molecule has 0 saturated heterocycles. The highest BCUT2D eigenvalue weighted by Crippen LogP contribution is 2.55. The topological polar surface area (TPSA) is 73.9 Å². The van der Waals surface area contributed by atoms with Gasteiger partial charge in [0.25, 0.3) is 0 Å². The van der Waals surface area contributed by atoms with Crippen LogP contribution in [0.25, 0.3) is 22.9 Å². The average molecular weight is 358 g/mol. The zero-order valence-electron chi connectivity index (χ0n) is 15.5. The van der Waals surface area contributed by atoms with E-state index in [1.165, 1.54) is 49.5 Å². The third kappa shape index (κ3) is 2.32. The third-order valence-electron chi connectivity index (χ3n) is 7.38. The van der Waals surface area contributed by atoms with Crippen molar-refractivity contribution < 1.29 is 0 Å².